The molecule has 0 radical (unpaired) electrons. The van der Waals surface area contributed by atoms with Gasteiger partial charge in [-0.05, 0) is 41.8 Å². The number of halogens is 2. The predicted molar refractivity (Wildman–Crippen MR) is 68.6 cm³/mol. The Labute approximate surface area is 113 Å². The summed E-state index contributed by atoms with van der Waals surface area (Å²) in [5.41, 5.74) is 0.815. The van der Waals surface area contributed by atoms with Crippen LogP contribution in [0.25, 0.3) is 0 Å². The van der Waals surface area contributed by atoms with Gasteiger partial charge in [-0.15, -0.1) is 0 Å². The Balaban J connectivity index is 2.54. The second-order valence-corrected chi connectivity index (χ2v) is 5.58. The fourth-order valence-electron chi connectivity index (χ4n) is 2.38. The third-order valence-electron chi connectivity index (χ3n) is 3.51. The molecule has 0 saturated heterocycles. The molecular formula is C13H14BrFO3. The minimum Gasteiger partial charge on any atom is -0.496 e. The average Bonchev–Trinajstić information content (AvgIpc) is 3.05. The van der Waals surface area contributed by atoms with Gasteiger partial charge in [0.05, 0.1) is 18.0 Å². The van der Waals surface area contributed by atoms with Crippen LogP contribution in [0, 0.1) is 12.7 Å². The van der Waals surface area contributed by atoms with Crippen molar-refractivity contribution < 1.29 is 19.0 Å². The van der Waals surface area contributed by atoms with Crippen molar-refractivity contribution in [2.45, 2.75) is 31.6 Å². The molecule has 1 saturated carbocycles. The Kier molecular flexibility index (Phi) is 3.36. The van der Waals surface area contributed by atoms with Crippen LogP contribution in [-0.4, -0.2) is 18.2 Å². The molecule has 1 aromatic rings. The van der Waals surface area contributed by atoms with Crippen molar-refractivity contribution in [2.75, 3.05) is 7.11 Å². The highest BCUT2D eigenvalue weighted by Crippen LogP contribution is 2.55. The highest BCUT2D eigenvalue weighted by Gasteiger charge is 2.48. The molecule has 5 heteroatoms. The zero-order valence-corrected chi connectivity index (χ0v) is 11.8. The van der Waals surface area contributed by atoms with Crippen molar-refractivity contribution >= 4 is 21.9 Å². The second-order valence-electron chi connectivity index (χ2n) is 4.73. The van der Waals surface area contributed by atoms with Gasteiger partial charge in [-0.2, -0.15) is 0 Å². The summed E-state index contributed by atoms with van der Waals surface area (Å²) in [5, 5.41) is 8.98. The molecule has 0 spiro atoms. The van der Waals surface area contributed by atoms with Crippen LogP contribution in [0.4, 0.5) is 4.39 Å². The van der Waals surface area contributed by atoms with E-state index >= 15 is 0 Å². The fourth-order valence-corrected chi connectivity index (χ4v) is 2.90. The van der Waals surface area contributed by atoms with Crippen LogP contribution < -0.4 is 4.74 Å². The summed E-state index contributed by atoms with van der Waals surface area (Å²) < 4.78 is 19.4. The lowest BCUT2D eigenvalue weighted by Crippen LogP contribution is -2.15. The summed E-state index contributed by atoms with van der Waals surface area (Å²) in [6.45, 7) is 1.64. The lowest BCUT2D eigenvalue weighted by molar-refractivity contribution is -0.137. The first-order chi connectivity index (χ1) is 8.41. The molecule has 98 valence electrons. The Morgan fingerprint density at radius 3 is 2.67 bits per heavy atom. The zero-order valence-electron chi connectivity index (χ0n) is 10.2. The maximum absolute atomic E-state index is 13.8. The molecule has 1 N–H and O–H groups in total. The second kappa shape index (κ2) is 4.53. The van der Waals surface area contributed by atoms with Gasteiger partial charge in [-0.25, -0.2) is 4.39 Å². The molecule has 0 atom stereocenters. The van der Waals surface area contributed by atoms with Crippen LogP contribution in [0.15, 0.2) is 10.5 Å². The van der Waals surface area contributed by atoms with Gasteiger partial charge in [-0.3, -0.25) is 4.79 Å². The number of rotatable bonds is 4. The smallest absolute Gasteiger partial charge is 0.304 e. The number of carboxylic acids is 1. The largest absolute Gasteiger partial charge is 0.496 e. The maximum Gasteiger partial charge on any atom is 0.304 e. The lowest BCUT2D eigenvalue weighted by atomic mass is 9.90. The molecular weight excluding hydrogens is 303 g/mol. The van der Waals surface area contributed by atoms with Gasteiger partial charge >= 0.3 is 5.97 Å². The number of carbonyl (C=O) groups is 1. The van der Waals surface area contributed by atoms with Gasteiger partial charge in [0.1, 0.15) is 11.6 Å². The highest BCUT2D eigenvalue weighted by molar-refractivity contribution is 9.10. The van der Waals surface area contributed by atoms with Crippen LogP contribution in [0.2, 0.25) is 0 Å². The molecule has 3 nitrogen and oxygen atoms in total. The molecule has 0 unspecified atom stereocenters. The maximum atomic E-state index is 13.8. The normalized spacial score (nSPS) is 16.4. The number of methoxy groups -OCH3 is 1. The molecule has 2 rings (SSSR count). The van der Waals surface area contributed by atoms with Gasteiger partial charge < -0.3 is 9.84 Å². The van der Waals surface area contributed by atoms with Crippen molar-refractivity contribution in [2.24, 2.45) is 0 Å². The SMILES string of the molecule is COc1c(C2(CC(=O)O)CC2)cc(Br)c(F)c1C. The van der Waals surface area contributed by atoms with Gasteiger partial charge in [0.25, 0.3) is 0 Å². The van der Waals surface area contributed by atoms with E-state index in [0.717, 1.165) is 18.4 Å². The minimum atomic E-state index is -0.840. The zero-order chi connectivity index (χ0) is 13.5. The fraction of sp³-hybridized carbons (Fsp3) is 0.462. The third-order valence-corrected chi connectivity index (χ3v) is 4.09. The molecule has 1 aliphatic rings. The Bertz CT molecular complexity index is 509. The van der Waals surface area contributed by atoms with Crippen molar-refractivity contribution in [3.8, 4) is 5.75 Å². The first-order valence-corrected chi connectivity index (χ1v) is 6.45. The van der Waals surface area contributed by atoms with Gasteiger partial charge in [0, 0.05) is 16.5 Å². The van der Waals surface area contributed by atoms with E-state index in [9.17, 15) is 9.18 Å². The molecule has 0 aliphatic heterocycles. The van der Waals surface area contributed by atoms with Crippen LogP contribution in [-0.2, 0) is 10.2 Å². The standard InChI is InChI=1S/C13H14BrFO3/c1-7-11(15)9(14)5-8(12(7)18-2)13(3-4-13)6-10(16)17/h5H,3-4,6H2,1-2H3,(H,16,17). The van der Waals surface area contributed by atoms with Gasteiger partial charge in [0.2, 0.25) is 0 Å². The molecule has 1 aliphatic carbocycles. The van der Waals surface area contributed by atoms with Gasteiger partial charge in [0.15, 0.2) is 0 Å². The summed E-state index contributed by atoms with van der Waals surface area (Å²) >= 11 is 3.17. The van der Waals surface area contributed by atoms with E-state index in [1.165, 1.54) is 7.11 Å². The van der Waals surface area contributed by atoms with Crippen LogP contribution in [0.1, 0.15) is 30.4 Å². The molecule has 0 amide bonds. The Morgan fingerprint density at radius 1 is 1.61 bits per heavy atom. The third kappa shape index (κ3) is 2.11. The average molecular weight is 317 g/mol. The first-order valence-electron chi connectivity index (χ1n) is 5.66. The van der Waals surface area contributed by atoms with E-state index in [1.807, 2.05) is 0 Å². The highest BCUT2D eigenvalue weighted by atomic mass is 79.9. The number of carboxylic acid groups (broad SMARTS) is 1. The van der Waals surface area contributed by atoms with E-state index in [0.29, 0.717) is 15.8 Å². The summed E-state index contributed by atoms with van der Waals surface area (Å²) in [6.07, 6.45) is 1.65. The number of hydrogen-bond donors (Lipinski definition) is 1. The van der Waals surface area contributed by atoms with Crippen LogP contribution in [0.3, 0.4) is 0 Å². The van der Waals surface area contributed by atoms with Crippen molar-refractivity contribution in [3.05, 3.63) is 27.5 Å². The Morgan fingerprint density at radius 2 is 2.22 bits per heavy atom. The molecule has 18 heavy (non-hydrogen) atoms. The van der Waals surface area contributed by atoms with E-state index in [1.54, 1.807) is 13.0 Å². The molecule has 1 aromatic carbocycles. The number of benzene rings is 1. The molecule has 0 bridgehead atoms. The monoisotopic (exact) mass is 316 g/mol. The van der Waals surface area contributed by atoms with Crippen molar-refractivity contribution in [1.82, 2.24) is 0 Å². The quantitative estimate of drug-likeness (QED) is 0.926. The molecule has 1 fully saturated rings. The van der Waals surface area contributed by atoms with Crippen molar-refractivity contribution in [1.29, 1.82) is 0 Å². The molecule has 0 heterocycles. The summed E-state index contributed by atoms with van der Waals surface area (Å²) in [7, 11) is 1.48. The van der Waals surface area contributed by atoms with E-state index in [4.69, 9.17) is 9.84 Å². The lowest BCUT2D eigenvalue weighted by Gasteiger charge is -2.20. The van der Waals surface area contributed by atoms with Crippen LogP contribution >= 0.6 is 15.9 Å². The Hall–Kier alpha value is -1.10. The summed E-state index contributed by atoms with van der Waals surface area (Å²) in [5.74, 6) is -0.733. The van der Waals surface area contributed by atoms with Crippen LogP contribution in [0.5, 0.6) is 5.75 Å². The van der Waals surface area contributed by atoms with E-state index in [2.05, 4.69) is 15.9 Å². The first kappa shape index (κ1) is 13.3. The van der Waals surface area contributed by atoms with Crippen molar-refractivity contribution in [3.63, 3.8) is 0 Å². The summed E-state index contributed by atoms with van der Waals surface area (Å²) in [4.78, 5) is 10.9. The van der Waals surface area contributed by atoms with Gasteiger partial charge in [-0.1, -0.05) is 0 Å². The number of ether oxygens (including phenoxy) is 1. The topological polar surface area (TPSA) is 46.5 Å². The predicted octanol–water partition coefficient (Wildman–Crippen LogP) is 3.41. The number of aliphatic carboxylic acids is 1. The molecule has 0 aromatic heterocycles. The summed E-state index contributed by atoms with van der Waals surface area (Å²) in [6, 6.07) is 1.65. The number of hydrogen-bond acceptors (Lipinski definition) is 2. The minimum absolute atomic E-state index is 0.0564. The van der Waals surface area contributed by atoms with E-state index in [-0.39, 0.29) is 12.2 Å². The van der Waals surface area contributed by atoms with E-state index < -0.39 is 11.4 Å².